The number of rotatable bonds is 5. The highest BCUT2D eigenvalue weighted by molar-refractivity contribution is 6.24. The maximum absolute atomic E-state index is 13.1. The minimum Gasteiger partial charge on any atom is -0.370 e. The number of anilines is 1. The van der Waals surface area contributed by atoms with E-state index in [-0.39, 0.29) is 22.2 Å². The smallest absolute Gasteiger partial charge is 0.226 e. The summed E-state index contributed by atoms with van der Waals surface area (Å²) in [5.41, 5.74) is 0.982. The molecule has 1 N–H and O–H groups in total. The van der Waals surface area contributed by atoms with Gasteiger partial charge in [-0.2, -0.15) is 0 Å². The van der Waals surface area contributed by atoms with Crippen molar-refractivity contribution < 1.29 is 4.79 Å². The molecule has 4 aliphatic carbocycles. The van der Waals surface area contributed by atoms with Gasteiger partial charge in [0.25, 0.3) is 0 Å². The Bertz CT molecular complexity index is 633. The molecule has 4 heteroatoms. The lowest BCUT2D eigenvalue weighted by Gasteiger charge is -2.59. The molecule has 5 rings (SSSR count). The van der Waals surface area contributed by atoms with Crippen molar-refractivity contribution in [1.82, 2.24) is 5.32 Å². The van der Waals surface area contributed by atoms with Crippen LogP contribution in [0.1, 0.15) is 45.4 Å². The molecular formula is C21H29ClN2O. The number of carbonyl (C=O) groups is 1. The van der Waals surface area contributed by atoms with Crippen molar-refractivity contribution >= 4 is 23.2 Å². The first kappa shape index (κ1) is 17.2. The molecule has 136 valence electrons. The lowest BCUT2D eigenvalue weighted by Crippen LogP contribution is -2.59. The minimum atomic E-state index is -0.198. The third-order valence-corrected chi connectivity index (χ3v) is 7.30. The standard InChI is InChI=1S/C21H29ClN2O/c1-15(24(2)18-6-4-3-5-7-18)13-23-19(25)20-9-16-8-17(10-20)12-21(22,11-16)14-20/h3-7,15-17H,8-14H2,1-2H3,(H,23,25). The molecule has 4 saturated carbocycles. The van der Waals surface area contributed by atoms with Crippen molar-refractivity contribution in [3.8, 4) is 0 Å². The number of carbonyl (C=O) groups excluding carboxylic acids is 1. The van der Waals surface area contributed by atoms with Crippen molar-refractivity contribution in [1.29, 1.82) is 0 Å². The summed E-state index contributed by atoms with van der Waals surface area (Å²) in [5.74, 6) is 1.57. The second-order valence-corrected chi connectivity index (χ2v) is 9.70. The first-order valence-corrected chi connectivity index (χ1v) is 10.0. The Balaban J connectivity index is 1.39. The molecule has 0 heterocycles. The number of benzene rings is 1. The van der Waals surface area contributed by atoms with E-state index in [2.05, 4.69) is 36.3 Å². The van der Waals surface area contributed by atoms with Gasteiger partial charge in [-0.15, -0.1) is 11.6 Å². The van der Waals surface area contributed by atoms with E-state index < -0.39 is 0 Å². The van der Waals surface area contributed by atoms with Crippen LogP contribution in [0.5, 0.6) is 0 Å². The van der Waals surface area contributed by atoms with E-state index in [0.29, 0.717) is 18.4 Å². The molecule has 0 saturated heterocycles. The van der Waals surface area contributed by atoms with Gasteiger partial charge in [-0.05, 0) is 69.4 Å². The summed E-state index contributed by atoms with van der Waals surface area (Å²) in [5, 5.41) is 3.27. The van der Waals surface area contributed by atoms with Gasteiger partial charge in [0.1, 0.15) is 0 Å². The second kappa shape index (κ2) is 6.19. The number of para-hydroxylation sites is 1. The number of alkyl halides is 1. The highest BCUT2D eigenvalue weighted by Crippen LogP contribution is 2.63. The predicted molar refractivity (Wildman–Crippen MR) is 103 cm³/mol. The highest BCUT2D eigenvalue weighted by Gasteiger charge is 2.59. The van der Waals surface area contributed by atoms with Crippen LogP contribution in [0.2, 0.25) is 0 Å². The molecule has 1 aromatic carbocycles. The molecule has 0 aromatic heterocycles. The quantitative estimate of drug-likeness (QED) is 0.798. The fourth-order valence-corrected chi connectivity index (χ4v) is 6.59. The fourth-order valence-electron chi connectivity index (χ4n) is 5.90. The first-order valence-electron chi connectivity index (χ1n) is 9.64. The molecule has 4 fully saturated rings. The van der Waals surface area contributed by atoms with Gasteiger partial charge in [-0.3, -0.25) is 4.79 Å². The molecule has 1 aromatic rings. The van der Waals surface area contributed by atoms with Crippen molar-refractivity contribution in [2.24, 2.45) is 17.3 Å². The molecule has 4 aliphatic rings. The van der Waals surface area contributed by atoms with Crippen LogP contribution in [-0.4, -0.2) is 30.4 Å². The molecule has 4 bridgehead atoms. The van der Waals surface area contributed by atoms with Crippen LogP contribution < -0.4 is 10.2 Å². The fraction of sp³-hybridized carbons (Fsp3) is 0.667. The number of nitrogens with one attached hydrogen (secondary N) is 1. The number of nitrogens with zero attached hydrogens (tertiary/aromatic N) is 1. The van der Waals surface area contributed by atoms with Crippen molar-refractivity contribution in [2.45, 2.75) is 56.4 Å². The topological polar surface area (TPSA) is 32.3 Å². The molecule has 25 heavy (non-hydrogen) atoms. The Morgan fingerprint density at radius 1 is 1.24 bits per heavy atom. The SMILES string of the molecule is CC(CNC(=O)C12CC3CC(CC(Cl)(C3)C1)C2)N(C)c1ccccc1. The van der Waals surface area contributed by atoms with Gasteiger partial charge < -0.3 is 10.2 Å². The van der Waals surface area contributed by atoms with Gasteiger partial charge in [0.05, 0.1) is 5.41 Å². The summed E-state index contributed by atoms with van der Waals surface area (Å²) in [4.78, 5) is 15.2. The Morgan fingerprint density at radius 3 is 2.48 bits per heavy atom. The van der Waals surface area contributed by atoms with Crippen LogP contribution in [0.25, 0.3) is 0 Å². The van der Waals surface area contributed by atoms with Gasteiger partial charge in [-0.1, -0.05) is 18.2 Å². The number of halogens is 1. The van der Waals surface area contributed by atoms with Gasteiger partial charge in [0.2, 0.25) is 5.91 Å². The summed E-state index contributed by atoms with van der Waals surface area (Å²) in [6.45, 7) is 2.84. The Hall–Kier alpha value is -1.22. The monoisotopic (exact) mass is 360 g/mol. The maximum atomic E-state index is 13.1. The van der Waals surface area contributed by atoms with E-state index in [9.17, 15) is 4.79 Å². The van der Waals surface area contributed by atoms with Gasteiger partial charge >= 0.3 is 0 Å². The minimum absolute atomic E-state index is 0.103. The van der Waals surface area contributed by atoms with E-state index in [4.69, 9.17) is 11.6 Å². The van der Waals surface area contributed by atoms with Gasteiger partial charge in [0, 0.05) is 30.2 Å². The zero-order chi connectivity index (χ0) is 17.7. The van der Waals surface area contributed by atoms with E-state index in [1.54, 1.807) is 0 Å². The number of amides is 1. The molecule has 3 atom stereocenters. The maximum Gasteiger partial charge on any atom is 0.226 e. The van der Waals surface area contributed by atoms with Crippen LogP contribution in [0.3, 0.4) is 0 Å². The van der Waals surface area contributed by atoms with Gasteiger partial charge in [0.15, 0.2) is 0 Å². The summed E-state index contributed by atoms with van der Waals surface area (Å²) in [6.07, 6.45) is 6.50. The third-order valence-electron chi connectivity index (χ3n) is 6.85. The molecule has 3 unspecified atom stereocenters. The Labute approximate surface area is 156 Å². The molecule has 3 nitrogen and oxygen atoms in total. The largest absolute Gasteiger partial charge is 0.370 e. The van der Waals surface area contributed by atoms with Crippen LogP contribution in [0, 0.1) is 17.3 Å². The second-order valence-electron chi connectivity index (χ2n) is 8.90. The molecule has 0 aliphatic heterocycles. The average Bonchev–Trinajstić information content (AvgIpc) is 2.57. The van der Waals surface area contributed by atoms with Crippen LogP contribution in [0.4, 0.5) is 5.69 Å². The average molecular weight is 361 g/mol. The van der Waals surface area contributed by atoms with E-state index in [0.717, 1.165) is 32.1 Å². The summed E-state index contributed by atoms with van der Waals surface area (Å²) >= 11 is 6.87. The van der Waals surface area contributed by atoms with Crippen molar-refractivity contribution in [3.63, 3.8) is 0 Å². The summed E-state index contributed by atoms with van der Waals surface area (Å²) in [6, 6.07) is 10.6. The molecular weight excluding hydrogens is 332 g/mol. The first-order chi connectivity index (χ1) is 11.9. The lowest BCUT2D eigenvalue weighted by molar-refractivity contribution is -0.144. The van der Waals surface area contributed by atoms with Crippen LogP contribution in [-0.2, 0) is 4.79 Å². The number of hydrogen-bond acceptors (Lipinski definition) is 2. The van der Waals surface area contributed by atoms with E-state index >= 15 is 0 Å². The predicted octanol–water partition coefficient (Wildman–Crippen LogP) is 4.21. The molecule has 0 radical (unpaired) electrons. The summed E-state index contributed by atoms with van der Waals surface area (Å²) in [7, 11) is 2.09. The van der Waals surface area contributed by atoms with E-state index in [1.165, 1.54) is 12.1 Å². The van der Waals surface area contributed by atoms with Gasteiger partial charge in [-0.25, -0.2) is 0 Å². The van der Waals surface area contributed by atoms with Crippen molar-refractivity contribution in [2.75, 3.05) is 18.5 Å². The zero-order valence-corrected chi connectivity index (χ0v) is 16.1. The zero-order valence-electron chi connectivity index (χ0n) is 15.3. The molecule has 0 spiro atoms. The molecule has 1 amide bonds. The van der Waals surface area contributed by atoms with Crippen LogP contribution in [0.15, 0.2) is 30.3 Å². The van der Waals surface area contributed by atoms with Crippen molar-refractivity contribution in [3.05, 3.63) is 30.3 Å². The third kappa shape index (κ3) is 3.16. The van der Waals surface area contributed by atoms with Crippen LogP contribution >= 0.6 is 11.6 Å². The summed E-state index contributed by atoms with van der Waals surface area (Å²) < 4.78 is 0. The lowest BCUT2D eigenvalue weighted by atomic mass is 9.49. The highest BCUT2D eigenvalue weighted by atomic mass is 35.5. The number of hydrogen-bond donors (Lipinski definition) is 1. The van der Waals surface area contributed by atoms with E-state index in [1.807, 2.05) is 18.2 Å². The Kier molecular flexibility index (Phi) is 4.26. The number of likely N-dealkylation sites (N-methyl/N-ethyl adjacent to an activating group) is 1. The Morgan fingerprint density at radius 2 is 1.88 bits per heavy atom. The normalized spacial score (nSPS) is 36.9.